The molecular weight excluding hydrogens is 921 g/mol. The number of rotatable bonds is 15. The molecule has 0 aliphatic rings. The second-order valence-corrected chi connectivity index (χ2v) is 25.1. The Morgan fingerprint density at radius 1 is 0.183 bits per heavy atom. The van der Waals surface area contributed by atoms with Crippen LogP contribution < -0.4 is 0 Å². The van der Waals surface area contributed by atoms with Gasteiger partial charge in [0, 0.05) is 49.0 Å². The summed E-state index contributed by atoms with van der Waals surface area (Å²) < 4.78 is 0. The van der Waals surface area contributed by atoms with Gasteiger partial charge in [0.2, 0.25) is 0 Å². The van der Waals surface area contributed by atoms with Gasteiger partial charge < -0.3 is 0 Å². The summed E-state index contributed by atoms with van der Waals surface area (Å²) >= 11 is 0. The van der Waals surface area contributed by atoms with Gasteiger partial charge >= 0.3 is 0 Å². The van der Waals surface area contributed by atoms with Crippen molar-refractivity contribution in [2.24, 2.45) is 0 Å². The maximum absolute atomic E-state index is 2.51. The van der Waals surface area contributed by atoms with Crippen LogP contribution in [0, 0.1) is 0 Å². The van der Waals surface area contributed by atoms with E-state index in [1.54, 1.807) is 0 Å². The Morgan fingerprint density at radius 2 is 0.350 bits per heavy atom. The molecule has 0 saturated heterocycles. The molecule has 0 fully saturated rings. The van der Waals surface area contributed by atoms with Crippen molar-refractivity contribution in [2.45, 2.75) is 49.0 Å². The van der Waals surface area contributed by atoms with E-state index < -0.39 is 0 Å². The smallest absolute Gasteiger partial charge is 0.0272 e. The van der Waals surface area contributed by atoms with Crippen molar-refractivity contribution in [1.29, 1.82) is 0 Å². The summed E-state index contributed by atoms with van der Waals surface area (Å²) in [6, 6.07) is 66.5. The van der Waals surface area contributed by atoms with E-state index in [4.69, 9.17) is 0 Å². The van der Waals surface area contributed by atoms with Crippen LogP contribution in [-0.4, -0.2) is 0 Å². The minimum Gasteiger partial charge on any atom is -0.0622 e. The molecule has 0 atom stereocenters. The molecule has 0 radical (unpaired) electrons. The first kappa shape index (κ1) is 39.8. The standard InChI is InChI=1S/C50H30S10/c1-6-16-31(17-7-1)51-56-41-26-37-43(58-53-33-20-10-3-11-21-33)28-39-45(60-55-35-24-14-5-15-25-35)30-40-44(59-54-34-22-12-4-13-23-34)29-38-42(57-52-32-18-8-2-9-19-32)27-36(41)46-47(37)49(39)50(40)48(38)46/h1-30H. The van der Waals surface area contributed by atoms with Crippen molar-refractivity contribution in [3.8, 4) is 0 Å². The zero-order valence-electron chi connectivity index (χ0n) is 31.4. The number of hydrogen-bond donors (Lipinski definition) is 0. The number of hydrogen-bond acceptors (Lipinski definition) is 10. The Morgan fingerprint density at radius 3 is 0.517 bits per heavy atom. The fourth-order valence-corrected chi connectivity index (χ4v) is 18.4. The molecule has 0 nitrogen and oxygen atoms in total. The van der Waals surface area contributed by atoms with Crippen LogP contribution in [0.4, 0.5) is 0 Å². The minimum absolute atomic E-state index is 1.26. The molecule has 0 unspecified atom stereocenters. The van der Waals surface area contributed by atoms with Crippen LogP contribution in [0.5, 0.6) is 0 Å². The summed E-state index contributed by atoms with van der Waals surface area (Å²) in [5.74, 6) is 0. The summed E-state index contributed by atoms with van der Waals surface area (Å²) in [5.41, 5.74) is 0. The Bertz CT molecular complexity index is 2660. The highest BCUT2D eigenvalue weighted by molar-refractivity contribution is 8.78. The van der Waals surface area contributed by atoms with E-state index in [1.165, 1.54) is 103 Å². The highest BCUT2D eigenvalue weighted by atomic mass is 33.1. The Balaban J connectivity index is 1.18. The highest BCUT2D eigenvalue weighted by Crippen LogP contribution is 2.60. The van der Waals surface area contributed by atoms with E-state index in [2.05, 4.69) is 182 Å². The summed E-state index contributed by atoms with van der Waals surface area (Å²) in [6.45, 7) is 0. The molecule has 0 aliphatic heterocycles. The molecule has 0 spiro atoms. The van der Waals surface area contributed by atoms with Gasteiger partial charge in [0.25, 0.3) is 0 Å². The van der Waals surface area contributed by atoms with Crippen molar-refractivity contribution in [3.63, 3.8) is 0 Å². The van der Waals surface area contributed by atoms with Gasteiger partial charge in [0.05, 0.1) is 0 Å². The van der Waals surface area contributed by atoms with Gasteiger partial charge in [0.15, 0.2) is 0 Å². The fourth-order valence-electron chi connectivity index (χ4n) is 7.54. The third-order valence-electron chi connectivity index (χ3n) is 10.2. The maximum Gasteiger partial charge on any atom is 0.0272 e. The lowest BCUT2D eigenvalue weighted by atomic mass is 9.99. The van der Waals surface area contributed by atoms with Crippen molar-refractivity contribution in [1.82, 2.24) is 0 Å². The molecule has 0 bridgehead atoms. The van der Waals surface area contributed by atoms with Crippen LogP contribution in [0.3, 0.4) is 0 Å². The average molecular weight is 951 g/mol. The van der Waals surface area contributed by atoms with E-state index in [0.717, 1.165) is 0 Å². The molecular formula is C50H30S10. The largest absolute Gasteiger partial charge is 0.0622 e. The second kappa shape index (κ2) is 18.0. The van der Waals surface area contributed by atoms with Crippen molar-refractivity contribution in [2.75, 3.05) is 0 Å². The monoisotopic (exact) mass is 950 g/mol. The molecule has 290 valence electrons. The topological polar surface area (TPSA) is 0 Å². The highest BCUT2D eigenvalue weighted by Gasteiger charge is 2.29. The van der Waals surface area contributed by atoms with Gasteiger partial charge in [-0.05, 0) is 145 Å². The lowest BCUT2D eigenvalue weighted by molar-refractivity contribution is 1.47. The maximum atomic E-state index is 2.51. The van der Waals surface area contributed by atoms with Crippen LogP contribution in [0.25, 0.3) is 53.9 Å². The van der Waals surface area contributed by atoms with Crippen molar-refractivity contribution < 1.29 is 0 Å². The molecule has 0 aromatic heterocycles. The zero-order chi connectivity index (χ0) is 39.8. The molecule has 11 aromatic carbocycles. The van der Waals surface area contributed by atoms with Crippen LogP contribution in [-0.2, 0) is 0 Å². The van der Waals surface area contributed by atoms with E-state index in [-0.39, 0.29) is 0 Å². The second-order valence-electron chi connectivity index (χ2n) is 13.9. The molecule has 11 aromatic rings. The van der Waals surface area contributed by atoms with Crippen molar-refractivity contribution in [3.05, 3.63) is 182 Å². The van der Waals surface area contributed by atoms with Crippen LogP contribution in [0.15, 0.2) is 231 Å². The SMILES string of the molecule is c1ccc(SSc2cc3c(SSc4ccccc4)cc4c(SSc5ccccc5)cc5c(SSc6ccccc6)cc6c(SSc7ccccc7)cc2c2c6c5c4c32)cc1. The first-order chi connectivity index (χ1) is 29.7. The normalized spacial score (nSPS) is 12.0. The van der Waals surface area contributed by atoms with E-state index in [1.807, 2.05) is 108 Å². The van der Waals surface area contributed by atoms with Gasteiger partial charge in [-0.2, -0.15) is 0 Å². The first-order valence-corrected chi connectivity index (χ1v) is 29.8. The summed E-state index contributed by atoms with van der Waals surface area (Å²) in [7, 11) is 18.7. The summed E-state index contributed by atoms with van der Waals surface area (Å²) in [4.78, 5) is 12.8. The van der Waals surface area contributed by atoms with Crippen molar-refractivity contribution >= 4 is 162 Å². The molecule has 60 heavy (non-hydrogen) atoms. The average Bonchev–Trinajstić information content (AvgIpc) is 3.68. The molecule has 0 N–H and O–H groups in total. The molecule has 0 saturated carbocycles. The summed E-state index contributed by atoms with van der Waals surface area (Å²) in [5, 5.41) is 13.7. The number of benzene rings is 10. The Kier molecular flexibility index (Phi) is 11.9. The molecule has 10 heteroatoms. The lowest BCUT2D eigenvalue weighted by Gasteiger charge is -2.15. The van der Waals surface area contributed by atoms with Gasteiger partial charge in [0.1, 0.15) is 0 Å². The van der Waals surface area contributed by atoms with Crippen LogP contribution in [0.1, 0.15) is 0 Å². The van der Waals surface area contributed by atoms with E-state index in [0.29, 0.717) is 0 Å². The zero-order valence-corrected chi connectivity index (χ0v) is 39.6. The van der Waals surface area contributed by atoms with Gasteiger partial charge in [-0.25, -0.2) is 0 Å². The lowest BCUT2D eigenvalue weighted by Crippen LogP contribution is -1.86. The van der Waals surface area contributed by atoms with Gasteiger partial charge in [-0.3, -0.25) is 0 Å². The van der Waals surface area contributed by atoms with Crippen LogP contribution in [0.2, 0.25) is 0 Å². The van der Waals surface area contributed by atoms with E-state index >= 15 is 0 Å². The van der Waals surface area contributed by atoms with Gasteiger partial charge in [-0.15, -0.1) is 0 Å². The Labute approximate surface area is 388 Å². The van der Waals surface area contributed by atoms with E-state index in [9.17, 15) is 0 Å². The first-order valence-electron chi connectivity index (χ1n) is 19.1. The predicted molar refractivity (Wildman–Crippen MR) is 278 cm³/mol. The minimum atomic E-state index is 1.26. The van der Waals surface area contributed by atoms with Gasteiger partial charge in [-0.1, -0.05) is 199 Å². The third kappa shape index (κ3) is 7.95. The molecule has 0 aliphatic carbocycles. The summed E-state index contributed by atoms with van der Waals surface area (Å²) in [6.07, 6.45) is 0. The quantitative estimate of drug-likeness (QED) is 0.0717. The molecule has 0 amide bonds. The Hall–Kier alpha value is -3.00. The third-order valence-corrected chi connectivity index (χ3v) is 22.3. The predicted octanol–water partition coefficient (Wildman–Crippen LogP) is 19.8. The van der Waals surface area contributed by atoms with Crippen LogP contribution >= 0.6 is 108 Å². The molecule has 11 rings (SSSR count). The molecule has 0 heterocycles. The fraction of sp³-hybridized carbons (Fsp3) is 0.